The molecular weight excluding hydrogens is 412 g/mol. The summed E-state index contributed by atoms with van der Waals surface area (Å²) in [6.45, 7) is 2.01. The molecule has 0 bridgehead atoms. The molecule has 3 rings (SSSR count). The monoisotopic (exact) mass is 442 g/mol. The highest BCUT2D eigenvalue weighted by atomic mass is 16.5. The molecular formula is C23H30N4O5. The minimum absolute atomic E-state index is 0.289. The third-order valence-corrected chi connectivity index (χ3v) is 5.25. The molecule has 0 aliphatic carbocycles. The molecule has 0 amide bonds. The Labute approximate surface area is 187 Å². The van der Waals surface area contributed by atoms with Crippen molar-refractivity contribution in [1.82, 2.24) is 9.97 Å². The Hall–Kier alpha value is -3.46. The van der Waals surface area contributed by atoms with Gasteiger partial charge in [0.15, 0.2) is 11.5 Å². The van der Waals surface area contributed by atoms with Gasteiger partial charge in [-0.15, -0.1) is 0 Å². The first-order valence-corrected chi connectivity index (χ1v) is 10.2. The second-order valence-corrected chi connectivity index (χ2v) is 7.37. The van der Waals surface area contributed by atoms with Gasteiger partial charge in [-0.1, -0.05) is 12.1 Å². The predicted molar refractivity (Wildman–Crippen MR) is 126 cm³/mol. The molecule has 0 aliphatic heterocycles. The Bertz CT molecular complexity index is 1130. The van der Waals surface area contributed by atoms with Crippen LogP contribution in [0.15, 0.2) is 35.1 Å². The number of methoxy groups -OCH3 is 4. The number of nitrogens with one attached hydrogen (secondary N) is 1. The number of anilines is 2. The van der Waals surface area contributed by atoms with Gasteiger partial charge in [-0.3, -0.25) is 9.78 Å². The first-order chi connectivity index (χ1) is 15.4. The summed E-state index contributed by atoms with van der Waals surface area (Å²) in [5.74, 6) is 1.52. The number of aromatic amines is 1. The maximum atomic E-state index is 12.9. The molecule has 32 heavy (non-hydrogen) atoms. The van der Waals surface area contributed by atoms with Crippen molar-refractivity contribution in [3.05, 3.63) is 46.2 Å². The third-order valence-electron chi connectivity index (χ3n) is 5.25. The SMILES string of the molecule is COCCN(C)c1cccc(CN(C)c2nc3cc(OC)c(OC)c(OC)c3c(=O)[nH]2)c1. The topological polar surface area (TPSA) is 89.2 Å². The average molecular weight is 443 g/mol. The molecule has 2 aromatic carbocycles. The number of rotatable bonds is 10. The highest BCUT2D eigenvalue weighted by Crippen LogP contribution is 2.41. The van der Waals surface area contributed by atoms with E-state index in [2.05, 4.69) is 27.0 Å². The number of aromatic nitrogens is 2. The van der Waals surface area contributed by atoms with Crippen molar-refractivity contribution in [3.63, 3.8) is 0 Å². The molecule has 172 valence electrons. The van der Waals surface area contributed by atoms with Crippen molar-refractivity contribution in [2.24, 2.45) is 0 Å². The Morgan fingerprint density at radius 3 is 2.38 bits per heavy atom. The van der Waals surface area contributed by atoms with Gasteiger partial charge in [-0.2, -0.15) is 0 Å². The van der Waals surface area contributed by atoms with Crippen LogP contribution >= 0.6 is 0 Å². The maximum absolute atomic E-state index is 12.9. The van der Waals surface area contributed by atoms with Gasteiger partial charge < -0.3 is 28.7 Å². The van der Waals surface area contributed by atoms with E-state index in [0.717, 1.165) is 17.8 Å². The van der Waals surface area contributed by atoms with Gasteiger partial charge in [0.2, 0.25) is 11.7 Å². The van der Waals surface area contributed by atoms with E-state index >= 15 is 0 Å². The molecule has 3 aromatic rings. The van der Waals surface area contributed by atoms with Crippen LogP contribution in [0.1, 0.15) is 5.56 Å². The molecule has 0 aliphatic rings. The smallest absolute Gasteiger partial charge is 0.264 e. The lowest BCUT2D eigenvalue weighted by Gasteiger charge is -2.22. The van der Waals surface area contributed by atoms with Crippen molar-refractivity contribution in [2.75, 3.05) is 65.5 Å². The summed E-state index contributed by atoms with van der Waals surface area (Å²) in [5.41, 5.74) is 2.32. The van der Waals surface area contributed by atoms with Crippen LogP contribution in [0.2, 0.25) is 0 Å². The van der Waals surface area contributed by atoms with Crippen LogP contribution in [-0.4, -0.2) is 65.7 Å². The summed E-state index contributed by atoms with van der Waals surface area (Å²) in [6.07, 6.45) is 0. The first kappa shape index (κ1) is 23.2. The van der Waals surface area contributed by atoms with Crippen LogP contribution in [-0.2, 0) is 11.3 Å². The van der Waals surface area contributed by atoms with E-state index in [1.807, 2.05) is 31.1 Å². The second-order valence-electron chi connectivity index (χ2n) is 7.37. The van der Waals surface area contributed by atoms with E-state index in [0.29, 0.717) is 41.5 Å². The van der Waals surface area contributed by atoms with Gasteiger partial charge in [0.1, 0.15) is 5.39 Å². The largest absolute Gasteiger partial charge is 0.493 e. The Kier molecular flexibility index (Phi) is 7.42. The summed E-state index contributed by atoms with van der Waals surface area (Å²) >= 11 is 0. The summed E-state index contributed by atoms with van der Waals surface area (Å²) in [5, 5.41) is 0.309. The number of benzene rings is 2. The van der Waals surface area contributed by atoms with Crippen molar-refractivity contribution in [1.29, 1.82) is 0 Å². The fourth-order valence-corrected chi connectivity index (χ4v) is 3.54. The summed E-state index contributed by atoms with van der Waals surface area (Å²) < 4.78 is 21.4. The van der Waals surface area contributed by atoms with Gasteiger partial charge in [-0.05, 0) is 17.7 Å². The van der Waals surface area contributed by atoms with Gasteiger partial charge in [0.05, 0.1) is 33.5 Å². The van der Waals surface area contributed by atoms with E-state index < -0.39 is 0 Å². The fourth-order valence-electron chi connectivity index (χ4n) is 3.54. The van der Waals surface area contributed by atoms with Crippen LogP contribution in [0.5, 0.6) is 17.2 Å². The first-order valence-electron chi connectivity index (χ1n) is 10.2. The minimum Gasteiger partial charge on any atom is -0.493 e. The molecule has 9 nitrogen and oxygen atoms in total. The summed E-state index contributed by atoms with van der Waals surface area (Å²) in [4.78, 5) is 24.5. The number of nitrogens with zero attached hydrogens (tertiary/aromatic N) is 3. The van der Waals surface area contributed by atoms with Gasteiger partial charge in [0.25, 0.3) is 5.56 Å². The molecule has 0 radical (unpaired) electrons. The number of H-pyrrole nitrogens is 1. The summed E-state index contributed by atoms with van der Waals surface area (Å²) in [6, 6.07) is 9.90. The number of hydrogen-bond acceptors (Lipinski definition) is 8. The van der Waals surface area contributed by atoms with Gasteiger partial charge >= 0.3 is 0 Å². The second kappa shape index (κ2) is 10.2. The lowest BCUT2D eigenvalue weighted by Crippen LogP contribution is -2.24. The van der Waals surface area contributed by atoms with Crippen molar-refractivity contribution in [2.45, 2.75) is 6.54 Å². The maximum Gasteiger partial charge on any atom is 0.264 e. The van der Waals surface area contributed by atoms with Crippen LogP contribution in [0, 0.1) is 0 Å². The molecule has 0 unspecified atom stereocenters. The van der Waals surface area contributed by atoms with E-state index in [-0.39, 0.29) is 11.3 Å². The molecule has 0 saturated carbocycles. The lowest BCUT2D eigenvalue weighted by molar-refractivity contribution is 0.206. The average Bonchev–Trinajstić information content (AvgIpc) is 2.80. The molecule has 9 heteroatoms. The molecule has 0 atom stereocenters. The zero-order chi connectivity index (χ0) is 23.3. The number of fused-ring (bicyclic) bond motifs is 1. The lowest BCUT2D eigenvalue weighted by atomic mass is 10.1. The van der Waals surface area contributed by atoms with Crippen LogP contribution in [0.4, 0.5) is 11.6 Å². The van der Waals surface area contributed by atoms with Crippen molar-refractivity contribution < 1.29 is 18.9 Å². The Morgan fingerprint density at radius 1 is 0.969 bits per heavy atom. The molecule has 0 fully saturated rings. The van der Waals surface area contributed by atoms with Crippen LogP contribution < -0.4 is 29.6 Å². The fraction of sp³-hybridized carbons (Fsp3) is 0.391. The van der Waals surface area contributed by atoms with Crippen molar-refractivity contribution in [3.8, 4) is 17.2 Å². The predicted octanol–water partition coefficient (Wildman–Crippen LogP) is 2.67. The highest BCUT2D eigenvalue weighted by molar-refractivity contribution is 5.90. The molecule has 1 heterocycles. The summed E-state index contributed by atoms with van der Waals surface area (Å²) in [7, 11) is 10.1. The Balaban J connectivity index is 1.94. The molecule has 1 N–H and O–H groups in total. The van der Waals surface area contributed by atoms with Crippen LogP contribution in [0.3, 0.4) is 0 Å². The van der Waals surface area contributed by atoms with E-state index in [4.69, 9.17) is 18.9 Å². The minimum atomic E-state index is -0.317. The van der Waals surface area contributed by atoms with Gasteiger partial charge in [-0.25, -0.2) is 4.98 Å². The number of ether oxygens (including phenoxy) is 4. The molecule has 0 saturated heterocycles. The van der Waals surface area contributed by atoms with Crippen LogP contribution in [0.25, 0.3) is 10.9 Å². The van der Waals surface area contributed by atoms with E-state index in [1.54, 1.807) is 13.2 Å². The normalized spacial score (nSPS) is 10.8. The van der Waals surface area contributed by atoms with Gasteiger partial charge in [0, 0.05) is 46.0 Å². The third kappa shape index (κ3) is 4.72. The molecule has 1 aromatic heterocycles. The quantitative estimate of drug-likeness (QED) is 0.513. The number of hydrogen-bond donors (Lipinski definition) is 1. The van der Waals surface area contributed by atoms with E-state index in [9.17, 15) is 4.79 Å². The van der Waals surface area contributed by atoms with E-state index in [1.165, 1.54) is 21.3 Å². The highest BCUT2D eigenvalue weighted by Gasteiger charge is 2.20. The number of likely N-dealkylation sites (N-methyl/N-ethyl adjacent to an activating group) is 1. The Morgan fingerprint density at radius 2 is 1.72 bits per heavy atom. The zero-order valence-electron chi connectivity index (χ0n) is 19.4. The van der Waals surface area contributed by atoms with Crippen molar-refractivity contribution >= 4 is 22.5 Å². The molecule has 0 spiro atoms. The zero-order valence-corrected chi connectivity index (χ0v) is 19.4. The standard InChI is InChI=1S/C23H30N4O5/c1-26(10-11-29-3)16-9-7-8-15(12-16)14-27(2)23-24-17-13-18(30-4)20(31-5)21(32-6)19(17)22(28)25-23/h7-9,12-13H,10-11,14H2,1-6H3,(H,24,25,28).